The number of halogens is 3. The van der Waals surface area contributed by atoms with Crippen molar-refractivity contribution in [1.29, 1.82) is 0 Å². The van der Waals surface area contributed by atoms with Gasteiger partial charge in [0.25, 0.3) is 0 Å². The molecule has 0 unspecified atom stereocenters. The highest BCUT2D eigenvalue weighted by Gasteiger charge is 2.34. The van der Waals surface area contributed by atoms with Crippen molar-refractivity contribution in [3.05, 3.63) is 24.0 Å². The minimum atomic E-state index is -5.56. The molecule has 0 aliphatic rings. The van der Waals surface area contributed by atoms with Crippen LogP contribution < -0.4 is 4.74 Å². The van der Waals surface area contributed by atoms with E-state index in [1.165, 1.54) is 6.07 Å². The van der Waals surface area contributed by atoms with Crippen LogP contribution >= 0.6 is 0 Å². The van der Waals surface area contributed by atoms with E-state index in [0.29, 0.717) is 19.8 Å². The zero-order chi connectivity index (χ0) is 15.0. The number of rotatable bonds is 9. The summed E-state index contributed by atoms with van der Waals surface area (Å²) < 4.78 is 51.7. The van der Waals surface area contributed by atoms with Gasteiger partial charge in [0.1, 0.15) is 18.0 Å². The molecule has 0 atom stereocenters. The van der Waals surface area contributed by atoms with E-state index in [0.717, 1.165) is 12.3 Å². The molecule has 0 aromatic carbocycles. The number of ether oxygens (including phenoxy) is 3. The van der Waals surface area contributed by atoms with Gasteiger partial charge in [0.2, 0.25) is 0 Å². The van der Waals surface area contributed by atoms with Crippen LogP contribution in [0, 0.1) is 0 Å². The molecule has 0 aliphatic carbocycles. The van der Waals surface area contributed by atoms with Crippen molar-refractivity contribution in [2.24, 2.45) is 0 Å². The number of nitrogens with zero attached hydrogens (tertiary/aromatic N) is 1. The average molecular weight is 292 g/mol. The van der Waals surface area contributed by atoms with E-state index in [4.69, 9.17) is 14.2 Å². The molecule has 112 valence electrons. The Morgan fingerprint density at radius 3 is 2.45 bits per heavy atom. The predicted molar refractivity (Wildman–Crippen MR) is 65.8 cm³/mol. The maximum absolute atomic E-state index is 12.2. The van der Waals surface area contributed by atoms with Crippen molar-refractivity contribution in [3.8, 4) is 5.75 Å². The Morgan fingerprint density at radius 1 is 1.20 bits per heavy atom. The molecule has 1 aromatic rings. The van der Waals surface area contributed by atoms with E-state index in [-0.39, 0.29) is 12.4 Å². The largest absolute Gasteiger partial charge is 0.551 e. The molecule has 5 nitrogen and oxygen atoms in total. The summed E-state index contributed by atoms with van der Waals surface area (Å²) in [4.78, 5) is 14.3. The number of hydrogen-bond donors (Lipinski definition) is 0. The Balaban J connectivity index is 2.38. The fourth-order valence-corrected chi connectivity index (χ4v) is 1.24. The highest BCUT2D eigenvalue weighted by atomic mass is 19.4. The second-order valence-corrected chi connectivity index (χ2v) is 3.77. The lowest BCUT2D eigenvalue weighted by Crippen LogP contribution is -2.30. The van der Waals surface area contributed by atoms with Gasteiger partial charge < -0.3 is 32.0 Å². The molecule has 0 N–H and O–H groups in total. The fraction of sp³-hybridized carbons (Fsp3) is 0.455. The molecule has 1 heterocycles. The van der Waals surface area contributed by atoms with E-state index in [2.05, 4.69) is 4.98 Å². The molecule has 1 aromatic heterocycles. The lowest BCUT2D eigenvalue weighted by atomic mass is 9.82. The summed E-state index contributed by atoms with van der Waals surface area (Å²) in [5, 5.41) is 0. The minimum absolute atomic E-state index is 0.224. The first-order valence-electron chi connectivity index (χ1n) is 5.85. The van der Waals surface area contributed by atoms with Gasteiger partial charge in [-0.3, -0.25) is 4.98 Å². The summed E-state index contributed by atoms with van der Waals surface area (Å²) in [5.74, 6) is 0.270. The second-order valence-electron chi connectivity index (χ2n) is 3.77. The number of aromatic nitrogens is 1. The predicted octanol–water partition coefficient (Wildman–Crippen LogP) is 1.69. The Labute approximate surface area is 114 Å². The highest BCUT2D eigenvalue weighted by Crippen LogP contribution is 2.17. The Morgan fingerprint density at radius 2 is 1.90 bits per heavy atom. The van der Waals surface area contributed by atoms with Crippen LogP contribution in [-0.4, -0.2) is 51.2 Å². The van der Waals surface area contributed by atoms with Crippen molar-refractivity contribution in [1.82, 2.24) is 4.98 Å². The summed E-state index contributed by atoms with van der Waals surface area (Å²) in [6.07, 6.45) is 1.07. The minimum Gasteiger partial charge on any atom is -0.490 e. The molecule has 0 saturated carbocycles. The van der Waals surface area contributed by atoms with Gasteiger partial charge in [-0.2, -0.15) is 0 Å². The fourth-order valence-electron chi connectivity index (χ4n) is 1.24. The van der Waals surface area contributed by atoms with Crippen LogP contribution in [0.25, 0.3) is 0 Å². The maximum Gasteiger partial charge on any atom is 0.551 e. The van der Waals surface area contributed by atoms with Gasteiger partial charge in [-0.15, -0.1) is 0 Å². The quantitative estimate of drug-likeness (QED) is 0.512. The molecular formula is C11H14BF3NO4-. The zero-order valence-electron chi connectivity index (χ0n) is 10.9. The van der Waals surface area contributed by atoms with E-state index >= 15 is 0 Å². The number of methoxy groups -OCH3 is 1. The van der Waals surface area contributed by atoms with Crippen molar-refractivity contribution in [3.63, 3.8) is 0 Å². The first-order chi connectivity index (χ1) is 9.45. The highest BCUT2D eigenvalue weighted by molar-refractivity contribution is 6.93. The van der Waals surface area contributed by atoms with Crippen LogP contribution in [0.1, 0.15) is 10.5 Å². The van der Waals surface area contributed by atoms with Crippen molar-refractivity contribution >= 4 is 12.7 Å². The van der Waals surface area contributed by atoms with Crippen molar-refractivity contribution in [2.45, 2.75) is 0 Å². The number of carbonyl (C=O) groups excluding carboxylic acids is 1. The van der Waals surface area contributed by atoms with Gasteiger partial charge >= 0.3 is 6.98 Å². The average Bonchev–Trinajstić information content (AvgIpc) is 2.41. The van der Waals surface area contributed by atoms with Crippen LogP contribution in [0.3, 0.4) is 0 Å². The molecule has 0 aliphatic heterocycles. The molecular weight excluding hydrogens is 278 g/mol. The summed E-state index contributed by atoms with van der Waals surface area (Å²) in [7, 11) is 1.55. The molecule has 20 heavy (non-hydrogen) atoms. The monoisotopic (exact) mass is 292 g/mol. The Hall–Kier alpha value is -1.61. The SMILES string of the molecule is COCCOCCOc1ccc(C(=O)[B-](F)(F)F)nc1. The van der Waals surface area contributed by atoms with Gasteiger partial charge in [-0.05, 0) is 12.1 Å². The topological polar surface area (TPSA) is 57.7 Å². The third-order valence-electron chi connectivity index (χ3n) is 2.21. The van der Waals surface area contributed by atoms with Crippen LogP contribution in [0.2, 0.25) is 0 Å². The Bertz CT molecular complexity index is 425. The van der Waals surface area contributed by atoms with Crippen LogP contribution in [0.15, 0.2) is 18.3 Å². The van der Waals surface area contributed by atoms with Gasteiger partial charge in [-0.25, -0.2) is 0 Å². The molecule has 0 spiro atoms. The van der Waals surface area contributed by atoms with Crippen LogP contribution in [-0.2, 0) is 9.47 Å². The van der Waals surface area contributed by atoms with Crippen molar-refractivity contribution in [2.75, 3.05) is 33.5 Å². The number of hydrogen-bond acceptors (Lipinski definition) is 5. The van der Waals surface area contributed by atoms with E-state index < -0.39 is 18.4 Å². The Kier molecular flexibility index (Phi) is 6.46. The third-order valence-corrected chi connectivity index (χ3v) is 2.21. The maximum atomic E-state index is 12.2. The van der Waals surface area contributed by atoms with Crippen LogP contribution in [0.4, 0.5) is 12.9 Å². The first-order valence-corrected chi connectivity index (χ1v) is 5.85. The number of carbonyl (C=O) groups is 1. The molecule has 0 radical (unpaired) electrons. The molecule has 0 saturated heterocycles. The smallest absolute Gasteiger partial charge is 0.490 e. The molecule has 0 fully saturated rings. The lowest BCUT2D eigenvalue weighted by molar-refractivity contribution is 0.0543. The van der Waals surface area contributed by atoms with Crippen LogP contribution in [0.5, 0.6) is 5.75 Å². The molecule has 0 amide bonds. The lowest BCUT2D eigenvalue weighted by Gasteiger charge is -2.12. The number of pyridine rings is 1. The summed E-state index contributed by atoms with van der Waals surface area (Å²) >= 11 is 0. The van der Waals surface area contributed by atoms with Gasteiger partial charge in [0, 0.05) is 7.11 Å². The van der Waals surface area contributed by atoms with Gasteiger partial charge in [0.15, 0.2) is 0 Å². The summed E-state index contributed by atoms with van der Waals surface area (Å²) in [5.41, 5.74) is -2.55. The second kappa shape index (κ2) is 7.86. The molecule has 9 heteroatoms. The van der Waals surface area contributed by atoms with E-state index in [9.17, 15) is 17.7 Å². The normalized spacial score (nSPS) is 11.4. The third kappa shape index (κ3) is 5.58. The van der Waals surface area contributed by atoms with E-state index in [1.54, 1.807) is 7.11 Å². The zero-order valence-corrected chi connectivity index (χ0v) is 10.9. The van der Waals surface area contributed by atoms with Gasteiger partial charge in [-0.1, -0.05) is 0 Å². The van der Waals surface area contributed by atoms with Gasteiger partial charge in [0.05, 0.1) is 31.7 Å². The molecule has 1 rings (SSSR count). The summed E-state index contributed by atoms with van der Waals surface area (Å²) in [6.45, 7) is -4.12. The van der Waals surface area contributed by atoms with E-state index in [1.807, 2.05) is 0 Å². The first kappa shape index (κ1) is 16.4. The molecule has 0 bridgehead atoms. The summed E-state index contributed by atoms with van der Waals surface area (Å²) in [6, 6.07) is 2.25. The van der Waals surface area contributed by atoms with Crippen molar-refractivity contribution < 1.29 is 32.0 Å². The standard InChI is InChI=1S/C11H14BF3NO4/c1-18-4-5-19-6-7-20-9-2-3-10(16-8-9)11(17)12(13,14)15/h2-3,8H,4-7H2,1H3/q-1.